The summed E-state index contributed by atoms with van der Waals surface area (Å²) in [5, 5.41) is 11.5. The van der Waals surface area contributed by atoms with Crippen LogP contribution in [0.3, 0.4) is 0 Å². The molecule has 10 heteroatoms. The van der Waals surface area contributed by atoms with Crippen LogP contribution in [0.5, 0.6) is 17.2 Å². The zero-order valence-electron chi connectivity index (χ0n) is 17.8. The van der Waals surface area contributed by atoms with Crippen molar-refractivity contribution in [1.29, 1.82) is 0 Å². The lowest BCUT2D eigenvalue weighted by Gasteiger charge is -2.31. The van der Waals surface area contributed by atoms with Gasteiger partial charge in [0.25, 0.3) is 5.56 Å². The lowest BCUT2D eigenvalue weighted by molar-refractivity contribution is -0.172. The van der Waals surface area contributed by atoms with Crippen LogP contribution in [0.4, 0.5) is 0 Å². The van der Waals surface area contributed by atoms with E-state index >= 15 is 0 Å². The van der Waals surface area contributed by atoms with Gasteiger partial charge in [-0.25, -0.2) is 9.78 Å². The maximum absolute atomic E-state index is 13.3. The van der Waals surface area contributed by atoms with E-state index in [1.54, 1.807) is 25.1 Å². The number of aromatic nitrogens is 2. The fraction of sp³-hybridized carbons (Fsp3) is 0.304. The van der Waals surface area contributed by atoms with Gasteiger partial charge in [-0.2, -0.15) is 0 Å². The van der Waals surface area contributed by atoms with E-state index in [1.165, 1.54) is 11.5 Å². The van der Waals surface area contributed by atoms with Crippen LogP contribution in [0.15, 0.2) is 23.0 Å². The van der Waals surface area contributed by atoms with Crippen molar-refractivity contribution in [3.05, 3.63) is 45.2 Å². The molecule has 1 N–H and O–H groups in total. The summed E-state index contributed by atoms with van der Waals surface area (Å²) in [6, 6.07) is 4.91. The molecule has 0 bridgehead atoms. The third-order valence-electron chi connectivity index (χ3n) is 6.38. The van der Waals surface area contributed by atoms with Crippen LogP contribution in [0.25, 0.3) is 22.3 Å². The quantitative estimate of drug-likeness (QED) is 0.359. The first kappa shape index (κ1) is 19.7. The highest BCUT2D eigenvalue weighted by Gasteiger charge is 2.45. The number of hydrogen-bond donors (Lipinski definition) is 1. The number of ether oxygens (including phenoxy) is 4. The number of benzene rings is 1. The fourth-order valence-electron chi connectivity index (χ4n) is 4.77. The first-order valence-electron chi connectivity index (χ1n) is 10.4. The smallest absolute Gasteiger partial charge is 0.343 e. The molecule has 1 atom stereocenters. The summed E-state index contributed by atoms with van der Waals surface area (Å²) >= 11 is 0. The highest BCUT2D eigenvalue weighted by atomic mass is 16.7. The van der Waals surface area contributed by atoms with Crippen molar-refractivity contribution >= 4 is 22.8 Å². The second-order valence-electron chi connectivity index (χ2n) is 8.16. The number of esters is 2. The maximum atomic E-state index is 13.3. The van der Waals surface area contributed by atoms with Crippen molar-refractivity contribution in [2.24, 2.45) is 0 Å². The minimum atomic E-state index is -1.90. The zero-order valence-corrected chi connectivity index (χ0v) is 17.8. The Hall–Kier alpha value is -3.92. The van der Waals surface area contributed by atoms with Crippen LogP contribution in [0.1, 0.15) is 37.0 Å². The van der Waals surface area contributed by atoms with E-state index in [9.17, 15) is 19.5 Å². The fourth-order valence-corrected chi connectivity index (χ4v) is 4.77. The highest BCUT2D eigenvalue weighted by Crippen LogP contribution is 2.49. The summed E-state index contributed by atoms with van der Waals surface area (Å²) in [5.74, 6) is -0.162. The molecule has 0 saturated carbocycles. The van der Waals surface area contributed by atoms with E-state index in [-0.39, 0.29) is 48.8 Å². The summed E-state index contributed by atoms with van der Waals surface area (Å²) in [6.07, 6.45) is 0.0632. The van der Waals surface area contributed by atoms with Crippen LogP contribution >= 0.6 is 0 Å². The molecule has 0 radical (unpaired) electrons. The standard InChI is InChI=1S/C23H18N2O8/c1-3-23(29)13-6-15-18-11(7-25(15)21(27)12(13)8-30-22(23)28)19-17-14(24-18)4-5-16(33-10(2)26)20(17)32-9-31-19/h4-6,29H,3,7-9H2,1-2H3. The molecule has 33 heavy (non-hydrogen) atoms. The predicted octanol–water partition coefficient (Wildman–Crippen LogP) is 1.73. The Morgan fingerprint density at radius 3 is 2.76 bits per heavy atom. The molecule has 0 fully saturated rings. The van der Waals surface area contributed by atoms with Gasteiger partial charge in [0.1, 0.15) is 12.4 Å². The SMILES string of the molecule is CCC1(O)C(=O)OCc2c1cc1n(c2=O)Cc2c-1nc1ccc(OC(C)=O)c3c1c2OCO3. The van der Waals surface area contributed by atoms with Crippen molar-refractivity contribution in [3.8, 4) is 28.6 Å². The normalized spacial score (nSPS) is 19.7. The molecular formula is C23H18N2O8. The van der Waals surface area contributed by atoms with Gasteiger partial charge in [0, 0.05) is 18.1 Å². The Kier molecular flexibility index (Phi) is 3.92. The number of pyridine rings is 2. The highest BCUT2D eigenvalue weighted by molar-refractivity contribution is 5.98. The van der Waals surface area contributed by atoms with E-state index < -0.39 is 17.5 Å². The molecule has 2 aromatic heterocycles. The Labute approximate surface area is 186 Å². The molecule has 3 aromatic rings. The summed E-state index contributed by atoms with van der Waals surface area (Å²) in [7, 11) is 0. The first-order valence-corrected chi connectivity index (χ1v) is 10.4. The number of carbonyl (C=O) groups is 2. The average Bonchev–Trinajstić information content (AvgIpc) is 3.17. The van der Waals surface area contributed by atoms with Gasteiger partial charge in [-0.1, -0.05) is 6.92 Å². The third kappa shape index (κ3) is 2.52. The Morgan fingerprint density at radius 1 is 1.21 bits per heavy atom. The number of carbonyl (C=O) groups excluding carboxylic acids is 2. The van der Waals surface area contributed by atoms with Crippen LogP contribution in [-0.4, -0.2) is 33.4 Å². The minimum absolute atomic E-state index is 0.0632. The number of aliphatic hydroxyl groups is 1. The van der Waals surface area contributed by atoms with Gasteiger partial charge < -0.3 is 28.6 Å². The number of hydrogen-bond acceptors (Lipinski definition) is 9. The van der Waals surface area contributed by atoms with Gasteiger partial charge in [0.2, 0.25) is 6.79 Å². The van der Waals surface area contributed by atoms with Gasteiger partial charge in [0.15, 0.2) is 17.1 Å². The van der Waals surface area contributed by atoms with Crippen molar-refractivity contribution in [2.45, 2.75) is 39.0 Å². The van der Waals surface area contributed by atoms with Crippen molar-refractivity contribution in [3.63, 3.8) is 0 Å². The van der Waals surface area contributed by atoms with Crippen LogP contribution in [0, 0.1) is 0 Å². The van der Waals surface area contributed by atoms with E-state index in [0.29, 0.717) is 39.4 Å². The number of fused-ring (bicyclic) bond motifs is 5. The Balaban J connectivity index is 1.62. The number of rotatable bonds is 2. The molecule has 1 unspecified atom stereocenters. The molecule has 3 aliphatic heterocycles. The second-order valence-corrected chi connectivity index (χ2v) is 8.16. The van der Waals surface area contributed by atoms with Crippen LogP contribution in [0.2, 0.25) is 0 Å². The molecule has 5 heterocycles. The largest absolute Gasteiger partial charge is 0.458 e. The zero-order chi connectivity index (χ0) is 23.1. The molecule has 168 valence electrons. The molecule has 0 aliphatic carbocycles. The molecule has 3 aliphatic rings. The summed E-state index contributed by atoms with van der Waals surface area (Å²) in [6.45, 7) is 2.84. The van der Waals surface area contributed by atoms with Gasteiger partial charge in [-0.3, -0.25) is 9.59 Å². The maximum Gasteiger partial charge on any atom is 0.343 e. The number of nitrogens with zero attached hydrogens (tertiary/aromatic N) is 2. The van der Waals surface area contributed by atoms with Crippen molar-refractivity contribution < 1.29 is 33.6 Å². The van der Waals surface area contributed by atoms with Crippen LogP contribution < -0.4 is 19.8 Å². The van der Waals surface area contributed by atoms with E-state index in [2.05, 4.69) is 0 Å². The topological polar surface area (TPSA) is 126 Å². The van der Waals surface area contributed by atoms with E-state index in [4.69, 9.17) is 23.9 Å². The average molecular weight is 450 g/mol. The predicted molar refractivity (Wildman–Crippen MR) is 112 cm³/mol. The lowest BCUT2D eigenvalue weighted by atomic mass is 9.86. The Morgan fingerprint density at radius 2 is 2.00 bits per heavy atom. The second kappa shape index (κ2) is 6.55. The molecule has 0 spiro atoms. The lowest BCUT2D eigenvalue weighted by Crippen LogP contribution is -2.44. The van der Waals surface area contributed by atoms with Gasteiger partial charge in [-0.15, -0.1) is 0 Å². The molecular weight excluding hydrogens is 432 g/mol. The van der Waals surface area contributed by atoms with Crippen molar-refractivity contribution in [2.75, 3.05) is 6.79 Å². The summed E-state index contributed by atoms with van der Waals surface area (Å²) < 4.78 is 23.4. The van der Waals surface area contributed by atoms with Gasteiger partial charge in [-0.05, 0) is 24.6 Å². The van der Waals surface area contributed by atoms with Crippen LogP contribution in [-0.2, 0) is 33.1 Å². The Bertz CT molecular complexity index is 1470. The van der Waals surface area contributed by atoms with Gasteiger partial charge in [0.05, 0.1) is 34.4 Å². The molecule has 10 nitrogen and oxygen atoms in total. The molecule has 6 rings (SSSR count). The molecule has 1 aromatic carbocycles. The minimum Gasteiger partial charge on any atom is -0.458 e. The third-order valence-corrected chi connectivity index (χ3v) is 6.38. The van der Waals surface area contributed by atoms with Crippen molar-refractivity contribution in [1.82, 2.24) is 9.55 Å². The summed E-state index contributed by atoms with van der Waals surface area (Å²) in [4.78, 5) is 41.9. The van der Waals surface area contributed by atoms with Gasteiger partial charge >= 0.3 is 11.9 Å². The monoisotopic (exact) mass is 450 g/mol. The van der Waals surface area contributed by atoms with E-state index in [0.717, 1.165) is 0 Å². The number of cyclic esters (lactones) is 1. The molecule has 0 amide bonds. The first-order chi connectivity index (χ1) is 15.8. The van der Waals surface area contributed by atoms with E-state index in [1.807, 2.05) is 0 Å². The molecule has 0 saturated heterocycles. The summed E-state index contributed by atoms with van der Waals surface area (Å²) in [5.41, 5.74) is 0.428.